The van der Waals surface area contributed by atoms with Crippen molar-refractivity contribution in [3.63, 3.8) is 0 Å². The summed E-state index contributed by atoms with van der Waals surface area (Å²) >= 11 is 12.7. The van der Waals surface area contributed by atoms with E-state index in [9.17, 15) is 14.4 Å². The molecule has 3 fully saturated rings. The lowest BCUT2D eigenvalue weighted by Gasteiger charge is -2.40. The highest BCUT2D eigenvalue weighted by molar-refractivity contribution is 6.31. The Morgan fingerprint density at radius 3 is 2.52 bits per heavy atom. The molecule has 4 aliphatic rings. The third-order valence-electron chi connectivity index (χ3n) is 9.55. The van der Waals surface area contributed by atoms with Crippen molar-refractivity contribution in [3.8, 4) is 0 Å². The molecular formula is C33H30Cl2FN3O3. The largest absolute Gasteiger partial charge is 0.324 e. The van der Waals surface area contributed by atoms with Gasteiger partial charge in [0.2, 0.25) is 11.8 Å². The van der Waals surface area contributed by atoms with Gasteiger partial charge in [0.25, 0.3) is 0 Å². The summed E-state index contributed by atoms with van der Waals surface area (Å²) in [6.45, 7) is 2.89. The minimum atomic E-state index is -1.31. The number of nitrogens with one attached hydrogen (secondary N) is 1. The van der Waals surface area contributed by atoms with E-state index >= 15 is 4.39 Å². The van der Waals surface area contributed by atoms with Gasteiger partial charge < -0.3 is 10.2 Å². The number of amides is 2. The molecule has 9 heteroatoms. The molecule has 2 amide bonds. The Kier molecular flexibility index (Phi) is 6.68. The second-order valence-corrected chi connectivity index (χ2v) is 12.7. The summed E-state index contributed by atoms with van der Waals surface area (Å²) in [7, 11) is 0. The molecular weight excluding hydrogens is 576 g/mol. The SMILES string of the molecule is CCC(=O)c1ccc(N2CC[C@H]3[C@@H](C2=O)[C@H](c2cccc(Cl)c2F)[C@]2(C(=O)Nc4cc(Cl)ccc42)N3CC2CC2)cc1. The van der Waals surface area contributed by atoms with E-state index in [2.05, 4.69) is 10.2 Å². The van der Waals surface area contributed by atoms with E-state index in [1.807, 2.05) is 13.0 Å². The third kappa shape index (κ3) is 4.04. The monoisotopic (exact) mass is 605 g/mol. The molecule has 1 spiro atoms. The second-order valence-electron chi connectivity index (χ2n) is 11.8. The number of hydrogen-bond acceptors (Lipinski definition) is 4. The van der Waals surface area contributed by atoms with Crippen LogP contribution in [0.4, 0.5) is 15.8 Å². The first kappa shape index (κ1) is 27.6. The van der Waals surface area contributed by atoms with Crippen LogP contribution in [0, 0.1) is 17.7 Å². The summed E-state index contributed by atoms with van der Waals surface area (Å²) < 4.78 is 16.1. The van der Waals surface area contributed by atoms with Crippen LogP contribution < -0.4 is 10.2 Å². The van der Waals surface area contributed by atoms with Gasteiger partial charge in [-0.2, -0.15) is 0 Å². The summed E-state index contributed by atoms with van der Waals surface area (Å²) in [4.78, 5) is 45.2. The highest BCUT2D eigenvalue weighted by Crippen LogP contribution is 2.62. The number of Topliss-reactive ketones (excluding diaryl/α,β-unsaturated/α-hetero) is 1. The maximum Gasteiger partial charge on any atom is 0.250 e. The predicted molar refractivity (Wildman–Crippen MR) is 161 cm³/mol. The van der Waals surface area contributed by atoms with Gasteiger partial charge in [-0.1, -0.05) is 48.3 Å². The van der Waals surface area contributed by atoms with Crippen LogP contribution >= 0.6 is 23.2 Å². The number of hydrogen-bond donors (Lipinski definition) is 1. The highest BCUT2D eigenvalue weighted by atomic mass is 35.5. The van der Waals surface area contributed by atoms with Crippen LogP contribution in [-0.4, -0.2) is 41.6 Å². The minimum absolute atomic E-state index is 0.0301. The number of fused-ring (bicyclic) bond motifs is 3. The molecule has 216 valence electrons. The van der Waals surface area contributed by atoms with E-state index in [0.29, 0.717) is 59.4 Å². The standard InChI is InChI=1S/C33H30Cl2FN3O3/c1-2-27(40)19-8-11-21(12-9-19)38-15-14-26-28(31(38)41)29(22-4-3-5-24(35)30(22)36)33(39(26)17-18-6-7-18)23-13-10-20(34)16-25(23)37-32(33)42/h3-5,8-13,16,18,26,28-29H,2,6-7,14-15,17H2,1H3,(H,37,42)/t26-,28+,29-,33+/m0/s1. The Morgan fingerprint density at radius 1 is 1.05 bits per heavy atom. The number of ketones is 1. The number of rotatable bonds is 6. The first-order chi connectivity index (χ1) is 20.2. The zero-order valence-corrected chi connectivity index (χ0v) is 24.6. The predicted octanol–water partition coefficient (Wildman–Crippen LogP) is 6.80. The zero-order valence-electron chi connectivity index (χ0n) is 23.1. The first-order valence-electron chi connectivity index (χ1n) is 14.5. The zero-order chi connectivity index (χ0) is 29.3. The number of benzene rings is 3. The smallest absolute Gasteiger partial charge is 0.250 e. The fourth-order valence-electron chi connectivity index (χ4n) is 7.52. The Morgan fingerprint density at radius 2 is 1.81 bits per heavy atom. The summed E-state index contributed by atoms with van der Waals surface area (Å²) in [5.41, 5.74) is 1.50. The molecule has 7 rings (SSSR count). The van der Waals surface area contributed by atoms with Gasteiger partial charge in [-0.25, -0.2) is 4.39 Å². The van der Waals surface area contributed by atoms with Crippen LogP contribution in [0.2, 0.25) is 10.0 Å². The molecule has 1 saturated carbocycles. The quantitative estimate of drug-likeness (QED) is 0.314. The molecule has 1 N–H and O–H groups in total. The van der Waals surface area contributed by atoms with Crippen LogP contribution in [0.1, 0.15) is 60.0 Å². The number of carbonyl (C=O) groups excluding carboxylic acids is 3. The summed E-state index contributed by atoms with van der Waals surface area (Å²) in [5.74, 6) is -2.17. The van der Waals surface area contributed by atoms with Crippen molar-refractivity contribution in [1.29, 1.82) is 0 Å². The third-order valence-corrected chi connectivity index (χ3v) is 10.1. The van der Waals surface area contributed by atoms with Gasteiger partial charge in [-0.15, -0.1) is 0 Å². The van der Waals surface area contributed by atoms with E-state index in [-0.39, 0.29) is 34.2 Å². The van der Waals surface area contributed by atoms with Crippen molar-refractivity contribution in [1.82, 2.24) is 4.90 Å². The van der Waals surface area contributed by atoms with Gasteiger partial charge in [-0.05, 0) is 73.2 Å². The molecule has 3 aliphatic heterocycles. The van der Waals surface area contributed by atoms with Gasteiger partial charge in [0, 0.05) is 59.0 Å². The molecule has 0 aromatic heterocycles. The minimum Gasteiger partial charge on any atom is -0.324 e. The topological polar surface area (TPSA) is 69.7 Å². The molecule has 4 atom stereocenters. The fraction of sp³-hybridized carbons (Fsp3) is 0.364. The van der Waals surface area contributed by atoms with Crippen LogP contribution in [0.3, 0.4) is 0 Å². The number of piperidine rings is 1. The van der Waals surface area contributed by atoms with Crippen LogP contribution in [-0.2, 0) is 15.1 Å². The Hall–Kier alpha value is -3.26. The molecule has 3 aromatic rings. The maximum atomic E-state index is 16.1. The van der Waals surface area contributed by atoms with Gasteiger partial charge in [0.1, 0.15) is 11.4 Å². The van der Waals surface area contributed by atoms with Gasteiger partial charge in [-0.3, -0.25) is 19.3 Å². The van der Waals surface area contributed by atoms with Crippen molar-refractivity contribution < 1.29 is 18.8 Å². The van der Waals surface area contributed by atoms with Gasteiger partial charge in [0.05, 0.1) is 10.9 Å². The fourth-order valence-corrected chi connectivity index (χ4v) is 7.88. The Bertz CT molecular complexity index is 1630. The molecule has 0 unspecified atom stereocenters. The molecule has 0 bridgehead atoms. The summed E-state index contributed by atoms with van der Waals surface area (Å²) in [6, 6.07) is 16.9. The maximum absolute atomic E-state index is 16.1. The average Bonchev–Trinajstić information content (AvgIpc) is 3.70. The van der Waals surface area contributed by atoms with Gasteiger partial charge in [0.15, 0.2) is 5.78 Å². The number of anilines is 2. The summed E-state index contributed by atoms with van der Waals surface area (Å²) in [6.07, 6.45) is 3.11. The van der Waals surface area contributed by atoms with Crippen LogP contribution in [0.15, 0.2) is 60.7 Å². The normalized spacial score (nSPS) is 26.9. The number of halogens is 3. The average molecular weight is 607 g/mol. The molecule has 3 aromatic carbocycles. The first-order valence-corrected chi connectivity index (χ1v) is 15.3. The van der Waals surface area contributed by atoms with Crippen molar-refractivity contribution in [2.24, 2.45) is 11.8 Å². The van der Waals surface area contributed by atoms with Gasteiger partial charge >= 0.3 is 0 Å². The molecule has 3 heterocycles. The molecule has 0 radical (unpaired) electrons. The van der Waals surface area contributed by atoms with E-state index in [0.717, 1.165) is 12.8 Å². The number of nitrogens with zero attached hydrogens (tertiary/aromatic N) is 2. The molecule has 42 heavy (non-hydrogen) atoms. The Labute approximate surface area is 253 Å². The molecule has 6 nitrogen and oxygen atoms in total. The molecule has 2 saturated heterocycles. The van der Waals surface area contributed by atoms with E-state index in [1.54, 1.807) is 53.4 Å². The van der Waals surface area contributed by atoms with E-state index in [1.165, 1.54) is 6.07 Å². The molecule has 1 aliphatic carbocycles. The lowest BCUT2D eigenvalue weighted by atomic mass is 9.70. The van der Waals surface area contributed by atoms with Crippen molar-refractivity contribution in [2.45, 2.75) is 50.1 Å². The van der Waals surface area contributed by atoms with Crippen molar-refractivity contribution in [3.05, 3.63) is 93.2 Å². The lowest BCUT2D eigenvalue weighted by Crippen LogP contribution is -2.54. The van der Waals surface area contributed by atoms with E-state index in [4.69, 9.17) is 23.2 Å². The van der Waals surface area contributed by atoms with Crippen molar-refractivity contribution >= 4 is 52.2 Å². The van der Waals surface area contributed by atoms with Crippen LogP contribution in [0.5, 0.6) is 0 Å². The number of carbonyl (C=O) groups is 3. The number of likely N-dealkylation sites (tertiary alicyclic amines) is 1. The second kappa shape index (κ2) is 10.2. The van der Waals surface area contributed by atoms with Crippen molar-refractivity contribution in [2.75, 3.05) is 23.3 Å². The highest BCUT2D eigenvalue weighted by Gasteiger charge is 2.70. The van der Waals surface area contributed by atoms with Crippen LogP contribution in [0.25, 0.3) is 0 Å². The summed E-state index contributed by atoms with van der Waals surface area (Å²) in [5, 5.41) is 3.47. The Balaban J connectivity index is 1.41. The van der Waals surface area contributed by atoms with E-state index < -0.39 is 23.2 Å². The lowest BCUT2D eigenvalue weighted by molar-refractivity contribution is -0.128.